The van der Waals surface area contributed by atoms with Crippen LogP contribution in [0.15, 0.2) is 4.99 Å². The lowest BCUT2D eigenvalue weighted by atomic mass is 10.9. The van der Waals surface area contributed by atoms with Crippen LogP contribution < -0.4 is 0 Å². The average molecular weight is 145 g/mol. The Kier molecular flexibility index (Phi) is 5.42. The summed E-state index contributed by atoms with van der Waals surface area (Å²) in [5.74, 6) is 0. The summed E-state index contributed by atoms with van der Waals surface area (Å²) in [4.78, 5) is 13.7. The zero-order valence-corrected chi connectivity index (χ0v) is 6.16. The van der Waals surface area contributed by atoms with Crippen LogP contribution in [0.5, 0.6) is 0 Å². The summed E-state index contributed by atoms with van der Waals surface area (Å²) in [7, 11) is 0. The van der Waals surface area contributed by atoms with Gasteiger partial charge in [0.05, 0.1) is 13.2 Å². The van der Waals surface area contributed by atoms with E-state index in [4.69, 9.17) is 0 Å². The molecule has 4 heteroatoms. The van der Waals surface area contributed by atoms with Crippen molar-refractivity contribution in [1.29, 1.82) is 0 Å². The van der Waals surface area contributed by atoms with Crippen LogP contribution in [0, 0.1) is 0 Å². The predicted molar refractivity (Wildman–Crippen MR) is 37.1 cm³/mol. The molecule has 10 heavy (non-hydrogen) atoms. The predicted octanol–water partition coefficient (Wildman–Crippen LogP) is 1.21. The Morgan fingerprint density at radius 3 is 2.70 bits per heavy atom. The molecule has 0 saturated heterocycles. The highest BCUT2D eigenvalue weighted by molar-refractivity contribution is 5.76. The number of hydrogen-bond acceptors (Lipinski definition) is 3. The van der Waals surface area contributed by atoms with Crippen molar-refractivity contribution >= 4 is 12.5 Å². The van der Waals surface area contributed by atoms with Crippen LogP contribution in [0.3, 0.4) is 0 Å². The fraction of sp³-hybridized carbons (Fsp3) is 0.667. The van der Waals surface area contributed by atoms with E-state index in [1.807, 2.05) is 0 Å². The second-order valence-electron chi connectivity index (χ2n) is 1.39. The molecule has 0 aromatic heterocycles. The molecule has 0 N–H and O–H groups in total. The molecule has 0 aromatic carbocycles. The highest BCUT2D eigenvalue weighted by atomic mass is 16.5. The molecule has 0 aromatic rings. The van der Waals surface area contributed by atoms with Crippen LogP contribution in [0.2, 0.25) is 0 Å². The second kappa shape index (κ2) is 6.07. The molecule has 0 radical (unpaired) electrons. The van der Waals surface area contributed by atoms with E-state index in [1.165, 1.54) is 0 Å². The van der Waals surface area contributed by atoms with Gasteiger partial charge in [0.15, 0.2) is 6.40 Å². The Labute approximate surface area is 59.8 Å². The monoisotopic (exact) mass is 145 g/mol. The van der Waals surface area contributed by atoms with Crippen molar-refractivity contribution in [3.8, 4) is 0 Å². The summed E-state index contributed by atoms with van der Waals surface area (Å²) >= 11 is 0. The van der Waals surface area contributed by atoms with Crippen LogP contribution in [0.1, 0.15) is 13.8 Å². The lowest BCUT2D eigenvalue weighted by Crippen LogP contribution is -1.98. The average Bonchev–Trinajstić information content (AvgIpc) is 1.89. The first kappa shape index (κ1) is 8.94. The number of amides is 1. The van der Waals surface area contributed by atoms with E-state index < -0.39 is 6.09 Å². The first-order valence-electron chi connectivity index (χ1n) is 3.12. The molecule has 0 bridgehead atoms. The lowest BCUT2D eigenvalue weighted by molar-refractivity contribution is 0.163. The molecular formula is C6H11NO3. The van der Waals surface area contributed by atoms with Gasteiger partial charge in [0.25, 0.3) is 0 Å². The van der Waals surface area contributed by atoms with Gasteiger partial charge in [-0.15, -0.1) is 4.99 Å². The molecule has 0 unspecified atom stereocenters. The molecule has 0 heterocycles. The molecule has 0 rings (SSSR count). The van der Waals surface area contributed by atoms with Gasteiger partial charge in [-0.2, -0.15) is 0 Å². The molecule has 0 aliphatic heterocycles. The maximum atomic E-state index is 10.4. The van der Waals surface area contributed by atoms with Crippen LogP contribution >= 0.6 is 0 Å². The van der Waals surface area contributed by atoms with Gasteiger partial charge in [-0.1, -0.05) is 0 Å². The number of carbonyl (C=O) groups is 1. The highest BCUT2D eigenvalue weighted by Crippen LogP contribution is 1.81. The van der Waals surface area contributed by atoms with E-state index in [2.05, 4.69) is 14.5 Å². The summed E-state index contributed by atoms with van der Waals surface area (Å²) in [5, 5.41) is 0. The number of carbonyl (C=O) groups excluding carboxylic acids is 1. The SMILES string of the molecule is CCOC=NC(=O)OCC. The molecule has 0 aliphatic carbocycles. The van der Waals surface area contributed by atoms with E-state index in [0.29, 0.717) is 13.2 Å². The topological polar surface area (TPSA) is 47.9 Å². The van der Waals surface area contributed by atoms with E-state index >= 15 is 0 Å². The fourth-order valence-corrected chi connectivity index (χ4v) is 0.316. The minimum atomic E-state index is -0.615. The third-order valence-corrected chi connectivity index (χ3v) is 0.667. The Morgan fingerprint density at radius 1 is 1.50 bits per heavy atom. The van der Waals surface area contributed by atoms with Gasteiger partial charge in [0.2, 0.25) is 0 Å². The molecular weight excluding hydrogens is 134 g/mol. The maximum absolute atomic E-state index is 10.4. The van der Waals surface area contributed by atoms with E-state index in [0.717, 1.165) is 6.40 Å². The van der Waals surface area contributed by atoms with Gasteiger partial charge in [0.1, 0.15) is 0 Å². The van der Waals surface area contributed by atoms with Gasteiger partial charge in [0, 0.05) is 0 Å². The molecule has 1 amide bonds. The third kappa shape index (κ3) is 5.08. The van der Waals surface area contributed by atoms with Crippen LogP contribution in [0.4, 0.5) is 4.79 Å². The summed E-state index contributed by atoms with van der Waals surface area (Å²) < 4.78 is 9.13. The Hall–Kier alpha value is -1.06. The van der Waals surface area contributed by atoms with Crippen molar-refractivity contribution in [2.75, 3.05) is 13.2 Å². The Morgan fingerprint density at radius 2 is 2.20 bits per heavy atom. The minimum absolute atomic E-state index is 0.336. The quantitative estimate of drug-likeness (QED) is 0.443. The minimum Gasteiger partial charge on any atom is -0.483 e. The molecule has 0 fully saturated rings. The van der Waals surface area contributed by atoms with Crippen molar-refractivity contribution in [1.82, 2.24) is 0 Å². The standard InChI is InChI=1S/C6H11NO3/c1-3-9-5-7-6(8)10-4-2/h5H,3-4H2,1-2H3. The highest BCUT2D eigenvalue weighted by Gasteiger charge is 1.92. The van der Waals surface area contributed by atoms with Crippen LogP contribution in [0.25, 0.3) is 0 Å². The summed E-state index contributed by atoms with van der Waals surface area (Å²) in [6.07, 6.45) is 0.466. The number of ether oxygens (including phenoxy) is 2. The van der Waals surface area contributed by atoms with Crippen molar-refractivity contribution in [3.63, 3.8) is 0 Å². The molecule has 0 spiro atoms. The van der Waals surface area contributed by atoms with Gasteiger partial charge in [-0.25, -0.2) is 4.79 Å². The first-order valence-corrected chi connectivity index (χ1v) is 3.12. The van der Waals surface area contributed by atoms with E-state index in [-0.39, 0.29) is 0 Å². The normalized spacial score (nSPS) is 9.80. The number of aliphatic imine (C=N–C) groups is 1. The third-order valence-electron chi connectivity index (χ3n) is 0.667. The molecule has 0 aliphatic rings. The van der Waals surface area contributed by atoms with Crippen LogP contribution in [-0.2, 0) is 9.47 Å². The molecule has 4 nitrogen and oxygen atoms in total. The van der Waals surface area contributed by atoms with Gasteiger partial charge in [-0.05, 0) is 13.8 Å². The zero-order chi connectivity index (χ0) is 7.82. The van der Waals surface area contributed by atoms with Gasteiger partial charge in [-0.3, -0.25) is 0 Å². The van der Waals surface area contributed by atoms with Crippen molar-refractivity contribution in [2.24, 2.45) is 4.99 Å². The summed E-state index contributed by atoms with van der Waals surface area (Å²) in [6.45, 7) is 4.36. The zero-order valence-electron chi connectivity index (χ0n) is 6.16. The molecule has 0 saturated carbocycles. The first-order chi connectivity index (χ1) is 4.81. The maximum Gasteiger partial charge on any atom is 0.436 e. The molecule has 0 atom stereocenters. The van der Waals surface area contributed by atoms with Crippen LogP contribution in [-0.4, -0.2) is 25.7 Å². The lowest BCUT2D eigenvalue weighted by Gasteiger charge is -1.93. The molecule has 58 valence electrons. The second-order valence-corrected chi connectivity index (χ2v) is 1.39. The smallest absolute Gasteiger partial charge is 0.436 e. The largest absolute Gasteiger partial charge is 0.483 e. The number of rotatable bonds is 3. The summed E-state index contributed by atoms with van der Waals surface area (Å²) in [6, 6.07) is 0. The van der Waals surface area contributed by atoms with Crippen molar-refractivity contribution in [2.45, 2.75) is 13.8 Å². The fourth-order valence-electron chi connectivity index (χ4n) is 0.316. The number of hydrogen-bond donors (Lipinski definition) is 0. The van der Waals surface area contributed by atoms with E-state index in [9.17, 15) is 4.79 Å². The van der Waals surface area contributed by atoms with Crippen molar-refractivity contribution < 1.29 is 14.3 Å². The van der Waals surface area contributed by atoms with Gasteiger partial charge < -0.3 is 9.47 Å². The summed E-state index contributed by atoms with van der Waals surface area (Å²) in [5.41, 5.74) is 0. The Balaban J connectivity index is 3.36. The van der Waals surface area contributed by atoms with Crippen molar-refractivity contribution in [3.05, 3.63) is 0 Å². The van der Waals surface area contributed by atoms with Gasteiger partial charge >= 0.3 is 6.09 Å². The number of nitrogens with zero attached hydrogens (tertiary/aromatic N) is 1. The van der Waals surface area contributed by atoms with E-state index in [1.54, 1.807) is 13.8 Å². The Bertz CT molecular complexity index is 122.